The molecule has 3 heterocycles. The Morgan fingerprint density at radius 3 is 2.48 bits per heavy atom. The Balaban J connectivity index is 1.52. The Morgan fingerprint density at radius 1 is 1.14 bits per heavy atom. The van der Waals surface area contributed by atoms with Gasteiger partial charge in [0.2, 0.25) is 17.7 Å². The van der Waals surface area contributed by atoms with Crippen LogP contribution < -0.4 is 15.4 Å². The number of fused-ring (bicyclic) bond motifs is 1. The summed E-state index contributed by atoms with van der Waals surface area (Å²) in [5.74, 6) is -1.27. The number of carbonyl (C=O) groups is 3. The number of aryl methyl sites for hydroxylation is 1. The van der Waals surface area contributed by atoms with Gasteiger partial charge in [0.15, 0.2) is 0 Å². The van der Waals surface area contributed by atoms with Gasteiger partial charge in [0.25, 0.3) is 0 Å². The molecule has 3 fully saturated rings. The summed E-state index contributed by atoms with van der Waals surface area (Å²) in [6, 6.07) is 11.2. The van der Waals surface area contributed by atoms with E-state index in [1.165, 1.54) is 0 Å². The molecule has 3 aliphatic heterocycles. The van der Waals surface area contributed by atoms with Crippen LogP contribution >= 0.6 is 23.4 Å². The second-order valence-electron chi connectivity index (χ2n) is 12.3. The van der Waals surface area contributed by atoms with Gasteiger partial charge in [-0.05, 0) is 81.8 Å². The molecule has 2 aromatic carbocycles. The van der Waals surface area contributed by atoms with E-state index in [2.05, 4.69) is 10.6 Å². The fourth-order valence-corrected chi connectivity index (χ4v) is 9.89. The molecule has 10 heteroatoms. The van der Waals surface area contributed by atoms with Gasteiger partial charge < -0.3 is 25.4 Å². The molecule has 2 bridgehead atoms. The lowest BCUT2D eigenvalue weighted by molar-refractivity contribution is -0.142. The molecule has 3 saturated heterocycles. The van der Waals surface area contributed by atoms with Crippen molar-refractivity contribution < 1.29 is 24.2 Å². The normalized spacial score (nSPS) is 28.6. The number of nitrogens with zero attached hydrogens (tertiary/aromatic N) is 1. The smallest absolute Gasteiger partial charge is 0.248 e. The number of aliphatic hydroxyl groups is 1. The van der Waals surface area contributed by atoms with E-state index >= 15 is 0 Å². The molecule has 42 heavy (non-hydrogen) atoms. The summed E-state index contributed by atoms with van der Waals surface area (Å²) in [7, 11) is 0. The number of amides is 3. The number of nitrogens with one attached hydrogen (secondary N) is 2. The predicted molar refractivity (Wildman–Crippen MR) is 167 cm³/mol. The Labute approximate surface area is 256 Å². The number of rotatable bonds is 10. The summed E-state index contributed by atoms with van der Waals surface area (Å²) in [4.78, 5) is 44.4. The third-order valence-electron chi connectivity index (χ3n) is 9.00. The van der Waals surface area contributed by atoms with Crippen LogP contribution in [0.4, 0.5) is 11.4 Å². The van der Waals surface area contributed by atoms with Crippen LogP contribution in [0, 0.1) is 24.7 Å². The summed E-state index contributed by atoms with van der Waals surface area (Å²) < 4.78 is 4.19. The first kappa shape index (κ1) is 30.7. The topological polar surface area (TPSA) is 108 Å². The Bertz CT molecular complexity index is 1350. The number of likely N-dealkylation sites (tertiary alicyclic amines) is 1. The molecule has 5 rings (SSSR count). The van der Waals surface area contributed by atoms with Gasteiger partial charge in [-0.25, -0.2) is 0 Å². The monoisotopic (exact) mass is 613 g/mol. The number of benzene rings is 2. The van der Waals surface area contributed by atoms with Crippen molar-refractivity contribution in [3.8, 4) is 5.75 Å². The van der Waals surface area contributed by atoms with Crippen molar-refractivity contribution in [3.05, 3.63) is 53.1 Å². The fraction of sp³-hybridized carbons (Fsp3) is 0.531. The van der Waals surface area contributed by atoms with Crippen LogP contribution in [0.2, 0.25) is 5.02 Å². The molecular formula is C32H40ClN3O5S. The van der Waals surface area contributed by atoms with Crippen LogP contribution in [0.15, 0.2) is 42.5 Å². The highest BCUT2D eigenvalue weighted by Crippen LogP contribution is 2.71. The van der Waals surface area contributed by atoms with Crippen molar-refractivity contribution in [2.45, 2.75) is 75.5 Å². The number of para-hydroxylation sites is 1. The summed E-state index contributed by atoms with van der Waals surface area (Å²) in [5.41, 5.74) is 1.94. The quantitative estimate of drug-likeness (QED) is 0.326. The number of hydrogen-bond donors (Lipinski definition) is 3. The van der Waals surface area contributed by atoms with Crippen molar-refractivity contribution in [1.29, 1.82) is 0 Å². The first-order valence-corrected chi connectivity index (χ1v) is 15.9. The largest absolute Gasteiger partial charge is 0.494 e. The van der Waals surface area contributed by atoms with Gasteiger partial charge in [-0.1, -0.05) is 37.6 Å². The van der Waals surface area contributed by atoms with E-state index < -0.39 is 33.4 Å². The number of hydrogen-bond acceptors (Lipinski definition) is 6. The SMILES string of the molecule is CCOc1ccc(NC(=O)[C@@H]2[C@H]3C(=O)N([C@@H](CO)CC(C)C)C(C(=O)Nc4c(C)cccc4Cl)C34CC[C@@]2(C)S4)cc1. The van der Waals surface area contributed by atoms with Crippen LogP contribution in [0.3, 0.4) is 0 Å². The van der Waals surface area contributed by atoms with E-state index in [1.807, 2.05) is 46.8 Å². The van der Waals surface area contributed by atoms with E-state index in [0.717, 1.165) is 5.56 Å². The van der Waals surface area contributed by atoms with E-state index in [9.17, 15) is 19.5 Å². The summed E-state index contributed by atoms with van der Waals surface area (Å²) in [6.45, 7) is 10.1. The van der Waals surface area contributed by atoms with E-state index in [0.29, 0.717) is 48.0 Å². The zero-order chi connectivity index (χ0) is 30.4. The molecule has 2 unspecified atom stereocenters. The minimum Gasteiger partial charge on any atom is -0.494 e. The third-order valence-corrected chi connectivity index (χ3v) is 11.3. The lowest BCUT2D eigenvalue weighted by Crippen LogP contribution is -2.55. The number of ether oxygens (including phenoxy) is 1. The Morgan fingerprint density at radius 2 is 1.86 bits per heavy atom. The van der Waals surface area contributed by atoms with Crippen molar-refractivity contribution in [1.82, 2.24) is 4.90 Å². The van der Waals surface area contributed by atoms with Crippen LogP contribution in [0.25, 0.3) is 0 Å². The van der Waals surface area contributed by atoms with Gasteiger partial charge in [-0.15, -0.1) is 11.8 Å². The molecule has 8 nitrogen and oxygen atoms in total. The Kier molecular flexibility index (Phi) is 8.58. The minimum atomic E-state index is -0.864. The summed E-state index contributed by atoms with van der Waals surface area (Å²) in [5, 5.41) is 17.0. The number of anilines is 2. The van der Waals surface area contributed by atoms with Gasteiger partial charge in [0.1, 0.15) is 11.8 Å². The number of carbonyl (C=O) groups excluding carboxylic acids is 3. The van der Waals surface area contributed by atoms with Gasteiger partial charge in [0.05, 0.1) is 46.5 Å². The number of halogens is 1. The zero-order valence-corrected chi connectivity index (χ0v) is 26.3. The second kappa shape index (κ2) is 11.7. The Hall–Kier alpha value is -2.75. The predicted octanol–water partition coefficient (Wildman–Crippen LogP) is 5.51. The van der Waals surface area contributed by atoms with Gasteiger partial charge >= 0.3 is 0 Å². The van der Waals surface area contributed by atoms with Crippen LogP contribution in [-0.4, -0.2) is 62.5 Å². The maximum atomic E-state index is 14.5. The lowest BCUT2D eigenvalue weighted by Gasteiger charge is -2.37. The molecule has 3 amide bonds. The molecule has 0 radical (unpaired) electrons. The number of thioether (sulfide) groups is 1. The first-order chi connectivity index (χ1) is 20.0. The lowest BCUT2D eigenvalue weighted by atomic mass is 9.66. The molecule has 6 atom stereocenters. The average Bonchev–Trinajstić information content (AvgIpc) is 3.51. The van der Waals surface area contributed by atoms with Crippen molar-refractivity contribution in [3.63, 3.8) is 0 Å². The molecule has 3 aliphatic rings. The highest BCUT2D eigenvalue weighted by atomic mass is 35.5. The second-order valence-corrected chi connectivity index (χ2v) is 14.6. The molecule has 2 aromatic rings. The van der Waals surface area contributed by atoms with E-state index in [-0.39, 0.29) is 30.2 Å². The molecule has 0 aromatic heterocycles. The van der Waals surface area contributed by atoms with E-state index in [4.69, 9.17) is 16.3 Å². The van der Waals surface area contributed by atoms with Gasteiger partial charge in [-0.3, -0.25) is 14.4 Å². The molecular weight excluding hydrogens is 574 g/mol. The third kappa shape index (κ3) is 5.18. The molecule has 0 saturated carbocycles. The van der Waals surface area contributed by atoms with Crippen molar-refractivity contribution in [2.75, 3.05) is 23.8 Å². The summed E-state index contributed by atoms with van der Waals surface area (Å²) >= 11 is 8.08. The van der Waals surface area contributed by atoms with Crippen molar-refractivity contribution in [2.24, 2.45) is 17.8 Å². The maximum Gasteiger partial charge on any atom is 0.248 e. The van der Waals surface area contributed by atoms with E-state index in [1.54, 1.807) is 47.0 Å². The van der Waals surface area contributed by atoms with Crippen molar-refractivity contribution >= 4 is 52.5 Å². The standard InChI is InChI=1S/C32H40ClN3O5S/c1-6-41-22-12-10-20(11-13-22)34-28(38)24-25-30(40)36(21(17-37)16-18(2)3)27(32(25)15-14-31(24,5)42-32)29(39)35-26-19(4)8-7-9-23(26)33/h7-13,18,21,24-25,27,37H,6,14-17H2,1-5H3,(H,34,38)(H,35,39)/t21-,24+,25+,27?,31-,32?/m1/s1. The number of aliphatic hydroxyl groups excluding tert-OH is 1. The average molecular weight is 614 g/mol. The fourth-order valence-electron chi connectivity index (χ4n) is 7.28. The highest BCUT2D eigenvalue weighted by molar-refractivity contribution is 8.02. The zero-order valence-electron chi connectivity index (χ0n) is 24.8. The minimum absolute atomic E-state index is 0.183. The van der Waals surface area contributed by atoms with Crippen LogP contribution in [-0.2, 0) is 14.4 Å². The van der Waals surface area contributed by atoms with Crippen LogP contribution in [0.5, 0.6) is 5.75 Å². The van der Waals surface area contributed by atoms with Crippen LogP contribution in [0.1, 0.15) is 52.5 Å². The highest BCUT2D eigenvalue weighted by Gasteiger charge is 2.77. The molecule has 1 spiro atoms. The van der Waals surface area contributed by atoms with Gasteiger partial charge in [-0.2, -0.15) is 0 Å². The first-order valence-electron chi connectivity index (χ1n) is 14.7. The molecule has 0 aliphatic carbocycles. The summed E-state index contributed by atoms with van der Waals surface area (Å²) in [6.07, 6.45) is 1.85. The maximum absolute atomic E-state index is 14.5. The molecule has 226 valence electrons. The van der Waals surface area contributed by atoms with Gasteiger partial charge in [0, 0.05) is 10.4 Å². The molecule has 3 N–H and O–H groups in total.